The average molecular weight is 404 g/mol. The smallest absolute Gasteiger partial charge is 0.320 e. The van der Waals surface area contributed by atoms with Gasteiger partial charge in [0.25, 0.3) is 0 Å². The van der Waals surface area contributed by atoms with Gasteiger partial charge in [-0.3, -0.25) is 4.79 Å². The van der Waals surface area contributed by atoms with E-state index in [0.29, 0.717) is 12.3 Å². The van der Waals surface area contributed by atoms with Gasteiger partial charge in [0.05, 0.1) is 0 Å². The Morgan fingerprint density at radius 3 is 1.72 bits per heavy atom. The van der Waals surface area contributed by atoms with E-state index in [0.717, 1.165) is 45.1 Å². The van der Waals surface area contributed by atoms with E-state index in [-0.39, 0.29) is 0 Å². The maximum absolute atomic E-state index is 11.2. The molecule has 166 valence electrons. The fraction of sp³-hybridized carbons (Fsp3) is 0.654. The second-order valence-electron chi connectivity index (χ2n) is 8.06. The molecule has 0 spiro atoms. The fourth-order valence-corrected chi connectivity index (χ4v) is 2.97. The van der Waals surface area contributed by atoms with Gasteiger partial charge < -0.3 is 10.4 Å². The number of nitrogens with one attached hydrogen (secondary N) is 1. The number of carbonyl (C=O) groups is 1. The molecule has 0 amide bonds. The molecule has 0 unspecified atom stereocenters. The van der Waals surface area contributed by atoms with E-state index in [9.17, 15) is 9.90 Å². The van der Waals surface area contributed by atoms with Crippen LogP contribution in [0.2, 0.25) is 0 Å². The molecule has 1 atom stereocenters. The molecule has 0 saturated carbocycles. The minimum atomic E-state index is -0.737. The van der Waals surface area contributed by atoms with Crippen molar-refractivity contribution in [3.63, 3.8) is 0 Å². The minimum absolute atomic E-state index is 0.396. The lowest BCUT2D eigenvalue weighted by Gasteiger charge is -2.16. The van der Waals surface area contributed by atoms with Crippen molar-refractivity contribution in [1.82, 2.24) is 5.32 Å². The van der Waals surface area contributed by atoms with Crippen LogP contribution in [0.15, 0.2) is 48.6 Å². The Morgan fingerprint density at radius 2 is 1.28 bits per heavy atom. The van der Waals surface area contributed by atoms with Crippen molar-refractivity contribution in [3.8, 4) is 0 Å². The maximum Gasteiger partial charge on any atom is 0.320 e. The van der Waals surface area contributed by atoms with Crippen LogP contribution in [-0.4, -0.2) is 23.7 Å². The first-order valence-corrected chi connectivity index (χ1v) is 11.6. The van der Waals surface area contributed by atoms with Crippen LogP contribution in [0.1, 0.15) is 91.4 Å². The van der Waals surface area contributed by atoms with Gasteiger partial charge in [0, 0.05) is 0 Å². The lowest BCUT2D eigenvalue weighted by molar-refractivity contribution is -0.139. The molecular weight excluding hydrogens is 358 g/mol. The summed E-state index contributed by atoms with van der Waals surface area (Å²) < 4.78 is 0. The molecule has 0 rings (SSSR count). The standard InChI is InChI=1S/C26H45NO2/c1-4-5-6-7-8-9-10-11-12-13-14-15-16-17-18-19-20-21-22-27-25(26(28)29)23-24(2)3/h8-9,11-12,14-15,17-18,24-25,27H,4-7,10,13,16,19-23H2,1-3H3,(H,28,29)/t25-/m0/s1. The minimum Gasteiger partial charge on any atom is -0.480 e. The number of carboxylic acids is 1. The number of carboxylic acid groups (broad SMARTS) is 1. The van der Waals surface area contributed by atoms with E-state index in [1.807, 2.05) is 0 Å². The summed E-state index contributed by atoms with van der Waals surface area (Å²) in [5.74, 6) is -0.341. The van der Waals surface area contributed by atoms with Crippen molar-refractivity contribution in [2.24, 2.45) is 5.92 Å². The van der Waals surface area contributed by atoms with E-state index in [1.165, 1.54) is 25.7 Å². The molecule has 0 radical (unpaired) electrons. The van der Waals surface area contributed by atoms with Crippen molar-refractivity contribution < 1.29 is 9.90 Å². The van der Waals surface area contributed by atoms with Gasteiger partial charge in [-0.25, -0.2) is 0 Å². The molecule has 0 saturated heterocycles. The molecule has 29 heavy (non-hydrogen) atoms. The first-order valence-electron chi connectivity index (χ1n) is 11.6. The van der Waals surface area contributed by atoms with E-state index >= 15 is 0 Å². The number of unbranched alkanes of at least 4 members (excludes halogenated alkanes) is 5. The zero-order chi connectivity index (χ0) is 21.6. The molecule has 2 N–H and O–H groups in total. The van der Waals surface area contributed by atoms with E-state index < -0.39 is 12.0 Å². The van der Waals surface area contributed by atoms with Crippen molar-refractivity contribution in [2.75, 3.05) is 6.54 Å². The summed E-state index contributed by atoms with van der Waals surface area (Å²) in [4.78, 5) is 11.2. The molecule has 0 bridgehead atoms. The largest absolute Gasteiger partial charge is 0.480 e. The predicted octanol–water partition coefficient (Wildman–Crippen LogP) is 7.22. The van der Waals surface area contributed by atoms with Gasteiger partial charge in [-0.2, -0.15) is 0 Å². The van der Waals surface area contributed by atoms with Crippen LogP contribution < -0.4 is 5.32 Å². The Balaban J connectivity index is 3.57. The van der Waals surface area contributed by atoms with Gasteiger partial charge in [-0.05, 0) is 70.3 Å². The molecule has 0 aromatic heterocycles. The summed E-state index contributed by atoms with van der Waals surface area (Å²) in [6, 6.07) is -0.411. The lowest BCUT2D eigenvalue weighted by Crippen LogP contribution is -2.38. The topological polar surface area (TPSA) is 49.3 Å². The van der Waals surface area contributed by atoms with Crippen LogP contribution in [0.5, 0.6) is 0 Å². The number of allylic oxidation sites excluding steroid dienone is 8. The van der Waals surface area contributed by atoms with E-state index in [1.54, 1.807) is 0 Å². The van der Waals surface area contributed by atoms with Gasteiger partial charge in [0.2, 0.25) is 0 Å². The highest BCUT2D eigenvalue weighted by molar-refractivity contribution is 5.73. The van der Waals surface area contributed by atoms with Crippen LogP contribution in [-0.2, 0) is 4.79 Å². The molecule has 0 aliphatic heterocycles. The lowest BCUT2D eigenvalue weighted by atomic mass is 10.0. The highest BCUT2D eigenvalue weighted by Crippen LogP contribution is 2.06. The van der Waals surface area contributed by atoms with Crippen molar-refractivity contribution in [2.45, 2.75) is 97.4 Å². The zero-order valence-corrected chi connectivity index (χ0v) is 19.1. The summed E-state index contributed by atoms with van der Waals surface area (Å²) in [5, 5.41) is 12.3. The van der Waals surface area contributed by atoms with Crippen molar-refractivity contribution in [3.05, 3.63) is 48.6 Å². The highest BCUT2D eigenvalue weighted by Gasteiger charge is 2.17. The number of hydrogen-bond acceptors (Lipinski definition) is 2. The molecule has 0 heterocycles. The summed E-state index contributed by atoms with van der Waals surface area (Å²) in [6.07, 6.45) is 29.9. The van der Waals surface area contributed by atoms with Crippen molar-refractivity contribution >= 4 is 5.97 Å². The third-order valence-corrected chi connectivity index (χ3v) is 4.65. The summed E-state index contributed by atoms with van der Waals surface area (Å²) in [6.45, 7) is 7.13. The van der Waals surface area contributed by atoms with Crippen LogP contribution >= 0.6 is 0 Å². The van der Waals surface area contributed by atoms with Gasteiger partial charge in [0.1, 0.15) is 6.04 Å². The van der Waals surface area contributed by atoms with E-state index in [4.69, 9.17) is 0 Å². The Hall–Kier alpha value is -1.61. The SMILES string of the molecule is CCCCCC=CCC=CCC=CCC=CCCCCN[C@@H](CC(C)C)C(=O)O. The number of hydrogen-bond donors (Lipinski definition) is 2. The van der Waals surface area contributed by atoms with Gasteiger partial charge in [-0.15, -0.1) is 0 Å². The second-order valence-corrected chi connectivity index (χ2v) is 8.06. The predicted molar refractivity (Wildman–Crippen MR) is 127 cm³/mol. The Bertz CT molecular complexity index is 489. The van der Waals surface area contributed by atoms with Crippen LogP contribution in [0.4, 0.5) is 0 Å². The van der Waals surface area contributed by atoms with Gasteiger partial charge >= 0.3 is 5.97 Å². The first-order chi connectivity index (χ1) is 14.1. The molecule has 3 nitrogen and oxygen atoms in total. The average Bonchev–Trinajstić information content (AvgIpc) is 2.68. The number of aliphatic carboxylic acids is 1. The van der Waals surface area contributed by atoms with Gasteiger partial charge in [0.15, 0.2) is 0 Å². The monoisotopic (exact) mass is 403 g/mol. The third kappa shape index (κ3) is 20.9. The molecule has 0 fully saturated rings. The Labute approximate surface area is 180 Å². The quantitative estimate of drug-likeness (QED) is 0.177. The Kier molecular flexibility index (Phi) is 19.9. The molecule has 0 aliphatic carbocycles. The zero-order valence-electron chi connectivity index (χ0n) is 19.1. The maximum atomic E-state index is 11.2. The summed E-state index contributed by atoms with van der Waals surface area (Å²) >= 11 is 0. The molecule has 0 aromatic carbocycles. The van der Waals surface area contributed by atoms with Crippen LogP contribution in [0, 0.1) is 5.92 Å². The van der Waals surface area contributed by atoms with Gasteiger partial charge in [-0.1, -0.05) is 82.2 Å². The van der Waals surface area contributed by atoms with E-state index in [2.05, 4.69) is 74.7 Å². The normalized spacial score (nSPS) is 13.7. The molecule has 0 aliphatic rings. The highest BCUT2D eigenvalue weighted by atomic mass is 16.4. The first kappa shape index (κ1) is 27.4. The second kappa shape index (κ2) is 21.1. The molecule has 0 aromatic rings. The van der Waals surface area contributed by atoms with Crippen LogP contribution in [0.3, 0.4) is 0 Å². The Morgan fingerprint density at radius 1 is 0.793 bits per heavy atom. The molecule has 3 heteroatoms. The fourth-order valence-electron chi connectivity index (χ4n) is 2.97. The van der Waals surface area contributed by atoms with Crippen LogP contribution in [0.25, 0.3) is 0 Å². The number of rotatable bonds is 19. The van der Waals surface area contributed by atoms with Crippen molar-refractivity contribution in [1.29, 1.82) is 0 Å². The summed E-state index contributed by atoms with van der Waals surface area (Å²) in [7, 11) is 0. The third-order valence-electron chi connectivity index (χ3n) is 4.65. The summed E-state index contributed by atoms with van der Waals surface area (Å²) in [5.41, 5.74) is 0. The molecular formula is C26H45NO2.